The second-order valence-electron chi connectivity index (χ2n) is 12.1. The molecule has 6 rings (SSSR count). The summed E-state index contributed by atoms with van der Waals surface area (Å²) in [5.41, 5.74) is 5.57. The first kappa shape index (κ1) is 26.8. The Balaban J connectivity index is 1.47. The van der Waals surface area contributed by atoms with Crippen LogP contribution in [0.1, 0.15) is 57.4 Å². The molecule has 1 saturated heterocycles. The minimum atomic E-state index is -1.13. The fraction of sp³-hybridized carbons (Fsp3) is 0.400. The minimum absolute atomic E-state index is 0.00338. The Morgan fingerprint density at radius 1 is 1.12 bits per heavy atom. The Morgan fingerprint density at radius 3 is 2.52 bits per heavy atom. The van der Waals surface area contributed by atoms with Crippen molar-refractivity contribution in [3.8, 4) is 11.3 Å². The van der Waals surface area contributed by atoms with Crippen LogP contribution in [0.25, 0.3) is 28.3 Å². The number of benzene rings is 1. The van der Waals surface area contributed by atoms with Crippen molar-refractivity contribution in [1.29, 1.82) is 0 Å². The lowest BCUT2D eigenvalue weighted by Gasteiger charge is -2.48. The first-order valence-electron chi connectivity index (χ1n) is 13.3. The van der Waals surface area contributed by atoms with E-state index in [2.05, 4.69) is 38.7 Å². The van der Waals surface area contributed by atoms with Crippen LogP contribution in [0.4, 0.5) is 5.69 Å². The van der Waals surface area contributed by atoms with Crippen molar-refractivity contribution < 1.29 is 19.1 Å². The molecule has 10 heteroatoms. The van der Waals surface area contributed by atoms with Crippen LogP contribution in [0.15, 0.2) is 38.4 Å². The number of amides is 1. The van der Waals surface area contributed by atoms with Crippen LogP contribution in [-0.4, -0.2) is 50.4 Å². The van der Waals surface area contributed by atoms with Crippen molar-refractivity contribution in [3.05, 3.63) is 56.4 Å². The fourth-order valence-corrected chi connectivity index (χ4v) is 7.42. The number of hydrogen-bond donors (Lipinski definition) is 1. The second kappa shape index (κ2) is 9.07. The first-order valence-corrected chi connectivity index (χ1v) is 14.5. The van der Waals surface area contributed by atoms with Crippen LogP contribution < -0.4 is 10.5 Å². The van der Waals surface area contributed by atoms with Gasteiger partial charge in [0.2, 0.25) is 0 Å². The normalized spacial score (nSPS) is 20.5. The van der Waals surface area contributed by atoms with Crippen LogP contribution in [0.2, 0.25) is 0 Å². The molecule has 3 aromatic rings. The Hall–Kier alpha value is -3.37. The van der Waals surface area contributed by atoms with Crippen molar-refractivity contribution in [3.63, 3.8) is 0 Å². The van der Waals surface area contributed by atoms with Crippen molar-refractivity contribution in [2.45, 2.75) is 51.4 Å². The third-order valence-electron chi connectivity index (χ3n) is 8.61. The molecule has 0 radical (unpaired) electrons. The van der Waals surface area contributed by atoms with Gasteiger partial charge in [0.15, 0.2) is 0 Å². The number of aliphatic carboxylic acids is 1. The summed E-state index contributed by atoms with van der Waals surface area (Å²) >= 11 is 6.28. The number of rotatable bonds is 4. The van der Waals surface area contributed by atoms with E-state index in [9.17, 15) is 14.4 Å². The molecule has 3 aliphatic rings. The summed E-state index contributed by atoms with van der Waals surface area (Å²) in [7, 11) is 1.82. The number of anilines is 1. The van der Waals surface area contributed by atoms with Gasteiger partial charge in [0.1, 0.15) is 16.4 Å². The second-order valence-corrected chi connectivity index (χ2v) is 13.8. The van der Waals surface area contributed by atoms with Gasteiger partial charge in [-0.25, -0.2) is 4.79 Å². The lowest BCUT2D eigenvalue weighted by Crippen LogP contribution is -2.44. The van der Waals surface area contributed by atoms with E-state index in [1.54, 1.807) is 6.08 Å². The van der Waals surface area contributed by atoms with Crippen LogP contribution >= 0.6 is 24.0 Å². The Morgan fingerprint density at radius 2 is 1.82 bits per heavy atom. The predicted molar refractivity (Wildman–Crippen MR) is 162 cm³/mol. The number of carbonyl (C=O) groups is 2. The van der Waals surface area contributed by atoms with Gasteiger partial charge in [0.25, 0.3) is 5.91 Å². The highest BCUT2D eigenvalue weighted by atomic mass is 32.2. The Labute approximate surface area is 241 Å². The van der Waals surface area contributed by atoms with E-state index >= 15 is 0 Å². The number of nitrogens with zero attached hydrogens (tertiary/aromatic N) is 3. The van der Waals surface area contributed by atoms with Crippen molar-refractivity contribution in [1.82, 2.24) is 9.47 Å². The highest BCUT2D eigenvalue weighted by molar-refractivity contribution is 8.26. The number of aromatic nitrogens is 1. The van der Waals surface area contributed by atoms with Gasteiger partial charge < -0.3 is 19.0 Å². The highest BCUT2D eigenvalue weighted by Gasteiger charge is 2.42. The number of thioether (sulfide) groups is 1. The van der Waals surface area contributed by atoms with E-state index < -0.39 is 24.0 Å². The average Bonchev–Trinajstić information content (AvgIpc) is 3.35. The maximum Gasteiger partial charge on any atom is 0.345 e. The summed E-state index contributed by atoms with van der Waals surface area (Å²) < 4.78 is 8.19. The Bertz CT molecular complexity index is 1730. The summed E-state index contributed by atoms with van der Waals surface area (Å²) in [5.74, 6) is -1.57. The molecule has 40 heavy (non-hydrogen) atoms. The standard InChI is InChI=1S/C30H31N3O5S2/c1-29(2)8-10-32-11-9-30(3,4)23-24(32)19(29)13-16-12-18(27(37)38-25(16)23)20-7-6-17(31(20)5)14-21-26(36)33(15-22(34)35)28(39)40-21/h6-7,12-14H,8-11,15H2,1-5H3,(H,34,35)/b21-14-. The van der Waals surface area contributed by atoms with Gasteiger partial charge in [-0.1, -0.05) is 51.7 Å². The molecule has 0 spiro atoms. The molecular formula is C30H31N3O5S2. The summed E-state index contributed by atoms with van der Waals surface area (Å²) in [5, 5.41) is 10.0. The quantitative estimate of drug-likeness (QED) is 0.255. The molecule has 8 nitrogen and oxygen atoms in total. The maximum atomic E-state index is 13.5. The van der Waals surface area contributed by atoms with Gasteiger partial charge in [0.05, 0.1) is 16.2 Å². The predicted octanol–water partition coefficient (Wildman–Crippen LogP) is 5.25. The molecule has 1 amide bonds. The molecule has 2 aromatic heterocycles. The molecule has 5 heterocycles. The zero-order valence-corrected chi connectivity index (χ0v) is 24.8. The Kier molecular flexibility index (Phi) is 6.09. The number of carbonyl (C=O) groups excluding carboxylic acids is 1. The van der Waals surface area contributed by atoms with Crippen molar-refractivity contribution >= 4 is 62.9 Å². The van der Waals surface area contributed by atoms with Crippen LogP contribution in [-0.2, 0) is 27.5 Å². The van der Waals surface area contributed by atoms with Crippen LogP contribution in [0.3, 0.4) is 0 Å². The lowest BCUT2D eigenvalue weighted by molar-refractivity contribution is -0.140. The molecular weight excluding hydrogens is 546 g/mol. The summed E-state index contributed by atoms with van der Waals surface area (Å²) in [6, 6.07) is 7.79. The van der Waals surface area contributed by atoms with Crippen LogP contribution in [0.5, 0.6) is 0 Å². The minimum Gasteiger partial charge on any atom is -0.480 e. The molecule has 1 aromatic carbocycles. The molecule has 0 atom stereocenters. The zero-order chi connectivity index (χ0) is 28.7. The molecule has 1 fully saturated rings. The van der Waals surface area contributed by atoms with E-state index in [1.165, 1.54) is 11.3 Å². The molecule has 3 aliphatic heterocycles. The number of carboxylic acids is 1. The topological polar surface area (TPSA) is 96.0 Å². The number of fused-ring (bicyclic) bond motifs is 2. The highest BCUT2D eigenvalue weighted by Crippen LogP contribution is 2.51. The summed E-state index contributed by atoms with van der Waals surface area (Å²) in [6.45, 7) is 10.6. The van der Waals surface area contributed by atoms with Gasteiger partial charge in [-0.15, -0.1) is 0 Å². The van der Waals surface area contributed by atoms with Gasteiger partial charge in [-0.2, -0.15) is 0 Å². The fourth-order valence-electron chi connectivity index (χ4n) is 6.18. The van der Waals surface area contributed by atoms with Gasteiger partial charge in [0, 0.05) is 42.5 Å². The van der Waals surface area contributed by atoms with E-state index in [0.29, 0.717) is 27.4 Å². The van der Waals surface area contributed by atoms with E-state index in [4.69, 9.17) is 21.7 Å². The molecule has 0 aliphatic carbocycles. The van der Waals surface area contributed by atoms with Crippen molar-refractivity contribution in [2.24, 2.45) is 7.05 Å². The molecule has 208 valence electrons. The lowest BCUT2D eigenvalue weighted by atomic mass is 9.69. The van der Waals surface area contributed by atoms with Crippen molar-refractivity contribution in [2.75, 3.05) is 24.5 Å². The van der Waals surface area contributed by atoms with E-state index in [0.717, 1.165) is 53.5 Å². The van der Waals surface area contributed by atoms with E-state index in [1.807, 2.05) is 29.8 Å². The molecule has 1 N–H and O–H groups in total. The third kappa shape index (κ3) is 4.11. The smallest absolute Gasteiger partial charge is 0.345 e. The van der Waals surface area contributed by atoms with Gasteiger partial charge in [-0.3, -0.25) is 14.5 Å². The largest absolute Gasteiger partial charge is 0.480 e. The SMILES string of the molecule is Cn1c(/C=C2\SC(=S)N(CC(=O)O)C2=O)ccc1-c1cc2cc3c4c(c2oc1=O)C(C)(C)CCN4CCC3(C)C. The van der Waals surface area contributed by atoms with Crippen LogP contribution in [0, 0.1) is 0 Å². The number of hydrogen-bond acceptors (Lipinski definition) is 7. The molecule has 0 bridgehead atoms. The molecule has 0 unspecified atom stereocenters. The zero-order valence-electron chi connectivity index (χ0n) is 23.2. The molecule has 0 saturated carbocycles. The summed E-state index contributed by atoms with van der Waals surface area (Å²) in [4.78, 5) is 41.3. The van der Waals surface area contributed by atoms with E-state index in [-0.39, 0.29) is 15.2 Å². The maximum absolute atomic E-state index is 13.5. The average molecular weight is 578 g/mol. The monoisotopic (exact) mass is 577 g/mol. The number of thiocarbonyl (C=S) groups is 1. The summed E-state index contributed by atoms with van der Waals surface area (Å²) in [6.07, 6.45) is 3.73. The first-order chi connectivity index (χ1) is 18.8. The number of carboxylic acid groups (broad SMARTS) is 1. The van der Waals surface area contributed by atoms with Gasteiger partial charge in [-0.05, 0) is 59.6 Å². The third-order valence-corrected chi connectivity index (χ3v) is 9.99. The van der Waals surface area contributed by atoms with Gasteiger partial charge >= 0.3 is 11.6 Å².